The van der Waals surface area contributed by atoms with Crippen LogP contribution in [0.2, 0.25) is 0 Å². The van der Waals surface area contributed by atoms with E-state index >= 15 is 0 Å². The fourth-order valence-corrected chi connectivity index (χ4v) is 2.43. The van der Waals surface area contributed by atoms with E-state index in [2.05, 4.69) is 35.2 Å². The summed E-state index contributed by atoms with van der Waals surface area (Å²) >= 11 is 2.06. The highest BCUT2D eigenvalue weighted by atomic mass is 127. The van der Waals surface area contributed by atoms with Crippen LogP contribution in [-0.4, -0.2) is 18.7 Å². The van der Waals surface area contributed by atoms with Gasteiger partial charge in [-0.2, -0.15) is 0 Å². The summed E-state index contributed by atoms with van der Waals surface area (Å²) in [6.45, 7) is 4.21. The van der Waals surface area contributed by atoms with Crippen molar-refractivity contribution in [3.63, 3.8) is 0 Å². The van der Waals surface area contributed by atoms with Gasteiger partial charge in [-0.25, -0.2) is 0 Å². The summed E-state index contributed by atoms with van der Waals surface area (Å²) in [5.41, 5.74) is 0.148. The van der Waals surface area contributed by atoms with E-state index in [0.29, 0.717) is 0 Å². The van der Waals surface area contributed by atoms with Gasteiger partial charge in [-0.05, 0) is 19.4 Å². The molecule has 12 heavy (non-hydrogen) atoms. The van der Waals surface area contributed by atoms with E-state index in [1.54, 1.807) is 0 Å². The topological polar surface area (TPSA) is 21.3 Å². The molecule has 0 aliphatic heterocycles. The fraction of sp³-hybridized carbons (Fsp3) is 1.00. The van der Waals surface area contributed by atoms with Crippen molar-refractivity contribution in [1.82, 2.24) is 5.32 Å². The molecule has 1 aliphatic carbocycles. The SMILES string of the molecule is CCNCC1(OI)CCCCC1. The van der Waals surface area contributed by atoms with Crippen LogP contribution in [0.1, 0.15) is 39.0 Å². The maximum atomic E-state index is 5.59. The molecule has 0 radical (unpaired) electrons. The molecular weight excluding hydrogens is 265 g/mol. The van der Waals surface area contributed by atoms with Crippen LogP contribution in [0.15, 0.2) is 0 Å². The summed E-state index contributed by atoms with van der Waals surface area (Å²) in [4.78, 5) is 0. The second-order valence-corrected chi connectivity index (χ2v) is 4.04. The highest BCUT2D eigenvalue weighted by molar-refractivity contribution is 14.1. The van der Waals surface area contributed by atoms with Crippen molar-refractivity contribution in [3.05, 3.63) is 0 Å². The molecule has 1 rings (SSSR count). The zero-order valence-electron chi connectivity index (χ0n) is 7.74. The van der Waals surface area contributed by atoms with Gasteiger partial charge in [0.25, 0.3) is 0 Å². The second-order valence-electron chi connectivity index (χ2n) is 3.60. The summed E-state index contributed by atoms with van der Waals surface area (Å²) in [6, 6.07) is 0. The normalized spacial score (nSPS) is 22.5. The highest BCUT2D eigenvalue weighted by Gasteiger charge is 2.31. The summed E-state index contributed by atoms with van der Waals surface area (Å²) in [7, 11) is 0. The Morgan fingerprint density at radius 2 is 2.00 bits per heavy atom. The third-order valence-electron chi connectivity index (χ3n) is 2.63. The number of hydrogen-bond acceptors (Lipinski definition) is 2. The zero-order chi connectivity index (χ0) is 8.86. The van der Waals surface area contributed by atoms with Gasteiger partial charge in [0.2, 0.25) is 0 Å². The van der Waals surface area contributed by atoms with Crippen LogP contribution >= 0.6 is 23.0 Å². The maximum absolute atomic E-state index is 5.59. The van der Waals surface area contributed by atoms with Crippen LogP contribution < -0.4 is 5.32 Å². The minimum Gasteiger partial charge on any atom is -0.314 e. The molecule has 0 amide bonds. The van der Waals surface area contributed by atoms with Gasteiger partial charge in [0.05, 0.1) is 5.60 Å². The Labute approximate surface area is 89.1 Å². The third-order valence-corrected chi connectivity index (χ3v) is 3.56. The van der Waals surface area contributed by atoms with Gasteiger partial charge in [-0.3, -0.25) is 0 Å². The molecule has 0 atom stereocenters. The molecule has 0 spiro atoms. The van der Waals surface area contributed by atoms with E-state index in [0.717, 1.165) is 13.1 Å². The minimum atomic E-state index is 0.148. The first-order valence-corrected chi connectivity index (χ1v) is 5.71. The monoisotopic (exact) mass is 283 g/mol. The van der Waals surface area contributed by atoms with Crippen molar-refractivity contribution < 1.29 is 3.07 Å². The second kappa shape index (κ2) is 5.40. The quantitative estimate of drug-likeness (QED) is 0.801. The lowest BCUT2D eigenvalue weighted by molar-refractivity contribution is 0.0763. The first-order chi connectivity index (χ1) is 5.83. The summed E-state index contributed by atoms with van der Waals surface area (Å²) in [6.07, 6.45) is 6.49. The van der Waals surface area contributed by atoms with Crippen molar-refractivity contribution in [2.45, 2.75) is 44.6 Å². The molecule has 0 aromatic rings. The molecule has 0 bridgehead atoms. The van der Waals surface area contributed by atoms with Gasteiger partial charge in [0.1, 0.15) is 23.0 Å². The van der Waals surface area contributed by atoms with E-state index in [4.69, 9.17) is 3.07 Å². The molecule has 1 fully saturated rings. The molecule has 0 unspecified atom stereocenters. The first-order valence-electron chi connectivity index (χ1n) is 4.83. The van der Waals surface area contributed by atoms with Crippen molar-refractivity contribution in [2.75, 3.05) is 13.1 Å². The van der Waals surface area contributed by atoms with Gasteiger partial charge in [0.15, 0.2) is 0 Å². The average molecular weight is 283 g/mol. The molecule has 0 heterocycles. The van der Waals surface area contributed by atoms with Crippen LogP contribution in [0, 0.1) is 0 Å². The van der Waals surface area contributed by atoms with Gasteiger partial charge >= 0.3 is 0 Å². The lowest BCUT2D eigenvalue weighted by Crippen LogP contribution is -2.42. The molecule has 1 aliphatic rings. The smallest absolute Gasteiger partial charge is 0.110 e. The van der Waals surface area contributed by atoms with Crippen LogP contribution in [0.5, 0.6) is 0 Å². The van der Waals surface area contributed by atoms with Crippen molar-refractivity contribution in [1.29, 1.82) is 0 Å². The predicted octanol–water partition coefficient (Wildman–Crippen LogP) is 2.67. The molecule has 72 valence electrons. The number of hydrogen-bond donors (Lipinski definition) is 1. The van der Waals surface area contributed by atoms with Crippen molar-refractivity contribution in [3.8, 4) is 0 Å². The number of nitrogens with one attached hydrogen (secondary N) is 1. The Kier molecular flexibility index (Phi) is 4.82. The summed E-state index contributed by atoms with van der Waals surface area (Å²) in [5, 5.41) is 3.38. The molecule has 1 N–H and O–H groups in total. The Bertz CT molecular complexity index is 124. The van der Waals surface area contributed by atoms with Gasteiger partial charge in [0, 0.05) is 6.54 Å². The van der Waals surface area contributed by atoms with Crippen molar-refractivity contribution in [2.24, 2.45) is 0 Å². The van der Waals surface area contributed by atoms with Crippen LogP contribution in [-0.2, 0) is 3.07 Å². The Balaban J connectivity index is 2.37. The summed E-state index contributed by atoms with van der Waals surface area (Å²) in [5.74, 6) is 0. The number of likely N-dealkylation sites (N-methyl/N-ethyl adjacent to an activating group) is 1. The van der Waals surface area contributed by atoms with Crippen LogP contribution in [0.25, 0.3) is 0 Å². The molecule has 0 aromatic carbocycles. The predicted molar refractivity (Wildman–Crippen MR) is 59.5 cm³/mol. The largest absolute Gasteiger partial charge is 0.314 e. The van der Waals surface area contributed by atoms with E-state index in [-0.39, 0.29) is 5.60 Å². The number of rotatable bonds is 4. The van der Waals surface area contributed by atoms with E-state index in [1.807, 2.05) is 0 Å². The molecule has 1 saturated carbocycles. The highest BCUT2D eigenvalue weighted by Crippen LogP contribution is 2.32. The van der Waals surface area contributed by atoms with E-state index in [1.165, 1.54) is 32.1 Å². The lowest BCUT2D eigenvalue weighted by atomic mass is 9.85. The van der Waals surface area contributed by atoms with Crippen molar-refractivity contribution >= 4 is 23.0 Å². The van der Waals surface area contributed by atoms with Gasteiger partial charge in [-0.1, -0.05) is 26.2 Å². The standard InChI is InChI=1S/C9H18INO/c1-2-11-8-9(12-10)6-4-3-5-7-9/h11H,2-8H2,1H3. The Hall–Kier alpha value is 0.650. The lowest BCUT2D eigenvalue weighted by Gasteiger charge is -2.34. The minimum absolute atomic E-state index is 0.148. The fourth-order valence-electron chi connectivity index (χ4n) is 1.83. The zero-order valence-corrected chi connectivity index (χ0v) is 9.89. The molecule has 3 heteroatoms. The molecule has 0 aromatic heterocycles. The molecule has 2 nitrogen and oxygen atoms in total. The molecule has 0 saturated heterocycles. The third kappa shape index (κ3) is 2.85. The number of halogens is 1. The van der Waals surface area contributed by atoms with E-state index in [9.17, 15) is 0 Å². The van der Waals surface area contributed by atoms with Gasteiger partial charge in [-0.15, -0.1) is 0 Å². The average Bonchev–Trinajstić information content (AvgIpc) is 2.16. The Morgan fingerprint density at radius 1 is 1.33 bits per heavy atom. The molecular formula is C9H18INO. The maximum Gasteiger partial charge on any atom is 0.110 e. The first kappa shape index (κ1) is 10.7. The summed E-state index contributed by atoms with van der Waals surface area (Å²) < 4.78 is 5.59. The Morgan fingerprint density at radius 3 is 2.50 bits per heavy atom. The van der Waals surface area contributed by atoms with Crippen LogP contribution in [0.4, 0.5) is 0 Å². The van der Waals surface area contributed by atoms with Crippen LogP contribution in [0.3, 0.4) is 0 Å². The van der Waals surface area contributed by atoms with E-state index < -0.39 is 0 Å². The van der Waals surface area contributed by atoms with Gasteiger partial charge < -0.3 is 8.38 Å².